The van der Waals surface area contributed by atoms with Gasteiger partial charge < -0.3 is 4.90 Å². The van der Waals surface area contributed by atoms with Crippen molar-refractivity contribution in [2.75, 3.05) is 19.6 Å². The van der Waals surface area contributed by atoms with Gasteiger partial charge in [0.05, 0.1) is 0 Å². The Morgan fingerprint density at radius 1 is 0.667 bits per heavy atom. The molecule has 0 amide bonds. The van der Waals surface area contributed by atoms with Crippen LogP contribution < -0.4 is 0 Å². The van der Waals surface area contributed by atoms with Crippen LogP contribution in [0.4, 0.5) is 0 Å². The summed E-state index contributed by atoms with van der Waals surface area (Å²) in [6.07, 6.45) is 24.8. The minimum Gasteiger partial charge on any atom is -0.303 e. The molecule has 0 aliphatic carbocycles. The molecule has 0 N–H and O–H groups in total. The van der Waals surface area contributed by atoms with Crippen LogP contribution in [0.2, 0.25) is 0 Å². The van der Waals surface area contributed by atoms with Crippen molar-refractivity contribution in [1.82, 2.24) is 4.90 Å². The van der Waals surface area contributed by atoms with Crippen LogP contribution >= 0.6 is 0 Å². The van der Waals surface area contributed by atoms with Gasteiger partial charge in [-0.15, -0.1) is 0 Å². The SMILES string of the molecule is CCCCCCCCCC1CCCN(CCCCCCCCC)C1. The lowest BCUT2D eigenvalue weighted by Crippen LogP contribution is -2.36. The first-order valence-electron chi connectivity index (χ1n) is 11.6. The first kappa shape index (κ1) is 22.0. The molecule has 0 bridgehead atoms. The molecular weight excluding hydrogens is 290 g/mol. The van der Waals surface area contributed by atoms with E-state index in [0.717, 1.165) is 5.92 Å². The quantitative estimate of drug-likeness (QED) is 0.262. The van der Waals surface area contributed by atoms with Crippen molar-refractivity contribution in [3.63, 3.8) is 0 Å². The van der Waals surface area contributed by atoms with Gasteiger partial charge in [-0.05, 0) is 44.7 Å². The van der Waals surface area contributed by atoms with Crippen LogP contribution in [0.15, 0.2) is 0 Å². The summed E-state index contributed by atoms with van der Waals surface area (Å²) < 4.78 is 0. The molecule has 0 aromatic heterocycles. The molecule has 0 radical (unpaired) electrons. The minimum absolute atomic E-state index is 1.01. The number of piperidine rings is 1. The lowest BCUT2D eigenvalue weighted by atomic mass is 9.92. The van der Waals surface area contributed by atoms with E-state index in [-0.39, 0.29) is 0 Å². The molecule has 1 saturated heterocycles. The van der Waals surface area contributed by atoms with E-state index in [9.17, 15) is 0 Å². The Morgan fingerprint density at radius 3 is 1.83 bits per heavy atom. The van der Waals surface area contributed by atoms with Crippen molar-refractivity contribution < 1.29 is 0 Å². The molecule has 24 heavy (non-hydrogen) atoms. The zero-order valence-corrected chi connectivity index (χ0v) is 17.2. The van der Waals surface area contributed by atoms with Gasteiger partial charge in [0, 0.05) is 6.54 Å². The van der Waals surface area contributed by atoms with Crippen molar-refractivity contribution in [1.29, 1.82) is 0 Å². The van der Waals surface area contributed by atoms with E-state index >= 15 is 0 Å². The van der Waals surface area contributed by atoms with Gasteiger partial charge in [0.25, 0.3) is 0 Å². The second-order valence-corrected chi connectivity index (χ2v) is 8.34. The topological polar surface area (TPSA) is 3.24 Å². The van der Waals surface area contributed by atoms with Crippen molar-refractivity contribution >= 4 is 0 Å². The van der Waals surface area contributed by atoms with Crippen molar-refractivity contribution in [2.24, 2.45) is 5.92 Å². The van der Waals surface area contributed by atoms with E-state index in [1.165, 1.54) is 129 Å². The predicted octanol–water partition coefficient (Wildman–Crippen LogP) is 7.59. The molecule has 0 aromatic carbocycles. The van der Waals surface area contributed by atoms with Gasteiger partial charge in [-0.25, -0.2) is 0 Å². The van der Waals surface area contributed by atoms with Crippen LogP contribution in [0, 0.1) is 5.92 Å². The maximum atomic E-state index is 2.78. The van der Waals surface area contributed by atoms with E-state index in [1.807, 2.05) is 0 Å². The summed E-state index contributed by atoms with van der Waals surface area (Å²) in [5.74, 6) is 1.01. The molecule has 1 heterocycles. The van der Waals surface area contributed by atoms with Gasteiger partial charge in [0.2, 0.25) is 0 Å². The first-order chi connectivity index (χ1) is 11.9. The highest BCUT2D eigenvalue weighted by molar-refractivity contribution is 4.73. The van der Waals surface area contributed by atoms with Crippen molar-refractivity contribution in [3.05, 3.63) is 0 Å². The lowest BCUT2D eigenvalue weighted by Gasteiger charge is -2.32. The molecule has 1 atom stereocenters. The molecule has 1 aliphatic rings. The standard InChI is InChI=1S/C23H47N/c1-3-5-7-9-11-13-15-18-23-19-17-21-24(22-23)20-16-14-12-10-8-6-4-2/h23H,3-22H2,1-2H3. The molecule has 0 aromatic rings. The van der Waals surface area contributed by atoms with Gasteiger partial charge in [-0.1, -0.05) is 97.3 Å². The summed E-state index contributed by atoms with van der Waals surface area (Å²) in [7, 11) is 0. The summed E-state index contributed by atoms with van der Waals surface area (Å²) in [6.45, 7) is 8.77. The summed E-state index contributed by atoms with van der Waals surface area (Å²) >= 11 is 0. The van der Waals surface area contributed by atoms with Gasteiger partial charge in [0.15, 0.2) is 0 Å². The Bertz CT molecular complexity index is 226. The number of hydrogen-bond acceptors (Lipinski definition) is 1. The highest BCUT2D eigenvalue weighted by Crippen LogP contribution is 2.23. The van der Waals surface area contributed by atoms with Crippen LogP contribution in [0.3, 0.4) is 0 Å². The number of hydrogen-bond donors (Lipinski definition) is 0. The zero-order chi connectivity index (χ0) is 17.3. The van der Waals surface area contributed by atoms with Crippen LogP contribution in [0.5, 0.6) is 0 Å². The smallest absolute Gasteiger partial charge is 0.000966 e. The highest BCUT2D eigenvalue weighted by Gasteiger charge is 2.18. The summed E-state index contributed by atoms with van der Waals surface area (Å²) in [6, 6.07) is 0. The fraction of sp³-hybridized carbons (Fsp3) is 1.00. The molecule has 0 saturated carbocycles. The number of nitrogens with zero attached hydrogens (tertiary/aromatic N) is 1. The highest BCUT2D eigenvalue weighted by atomic mass is 15.1. The van der Waals surface area contributed by atoms with Crippen LogP contribution in [-0.2, 0) is 0 Å². The maximum Gasteiger partial charge on any atom is 0.000966 e. The van der Waals surface area contributed by atoms with Gasteiger partial charge in [0.1, 0.15) is 0 Å². The largest absolute Gasteiger partial charge is 0.303 e. The Labute approximate surface area is 154 Å². The number of rotatable bonds is 16. The fourth-order valence-corrected chi connectivity index (χ4v) is 4.27. The first-order valence-corrected chi connectivity index (χ1v) is 11.6. The van der Waals surface area contributed by atoms with Crippen molar-refractivity contribution in [3.8, 4) is 0 Å². The third-order valence-electron chi connectivity index (χ3n) is 5.90. The normalized spacial score (nSPS) is 19.0. The Balaban J connectivity index is 1.93. The van der Waals surface area contributed by atoms with E-state index in [4.69, 9.17) is 0 Å². The molecule has 144 valence electrons. The Hall–Kier alpha value is -0.0400. The molecule has 1 aliphatic heterocycles. The van der Waals surface area contributed by atoms with Crippen LogP contribution in [0.25, 0.3) is 0 Å². The second kappa shape index (κ2) is 16.4. The summed E-state index contributed by atoms with van der Waals surface area (Å²) in [4.78, 5) is 2.78. The average Bonchev–Trinajstić information content (AvgIpc) is 2.60. The lowest BCUT2D eigenvalue weighted by molar-refractivity contribution is 0.163. The molecule has 1 heteroatoms. The summed E-state index contributed by atoms with van der Waals surface area (Å²) in [5, 5.41) is 0. The maximum absolute atomic E-state index is 2.78. The monoisotopic (exact) mass is 337 g/mol. The number of unbranched alkanes of at least 4 members (excludes halogenated alkanes) is 12. The van der Waals surface area contributed by atoms with Crippen molar-refractivity contribution in [2.45, 2.75) is 123 Å². The van der Waals surface area contributed by atoms with Gasteiger partial charge in [-0.2, -0.15) is 0 Å². The van der Waals surface area contributed by atoms with Gasteiger partial charge in [-0.3, -0.25) is 0 Å². The molecule has 1 nitrogen and oxygen atoms in total. The van der Waals surface area contributed by atoms with Gasteiger partial charge >= 0.3 is 0 Å². The van der Waals surface area contributed by atoms with E-state index in [0.29, 0.717) is 0 Å². The fourth-order valence-electron chi connectivity index (χ4n) is 4.27. The molecule has 1 fully saturated rings. The minimum atomic E-state index is 1.01. The molecular formula is C23H47N. The Kier molecular flexibility index (Phi) is 15.1. The van der Waals surface area contributed by atoms with E-state index in [1.54, 1.807) is 0 Å². The summed E-state index contributed by atoms with van der Waals surface area (Å²) in [5.41, 5.74) is 0. The molecule has 1 rings (SSSR count). The van der Waals surface area contributed by atoms with Crippen LogP contribution in [0.1, 0.15) is 123 Å². The third-order valence-corrected chi connectivity index (χ3v) is 5.90. The molecule has 0 spiro atoms. The Morgan fingerprint density at radius 2 is 1.21 bits per heavy atom. The van der Waals surface area contributed by atoms with Crippen LogP contribution in [-0.4, -0.2) is 24.5 Å². The van der Waals surface area contributed by atoms with E-state index < -0.39 is 0 Å². The third kappa shape index (κ3) is 12.3. The number of likely N-dealkylation sites (tertiary alicyclic amines) is 1. The van der Waals surface area contributed by atoms with E-state index in [2.05, 4.69) is 18.7 Å². The second-order valence-electron chi connectivity index (χ2n) is 8.34. The average molecular weight is 338 g/mol. The predicted molar refractivity (Wildman–Crippen MR) is 110 cm³/mol. The molecule has 1 unspecified atom stereocenters. The zero-order valence-electron chi connectivity index (χ0n) is 17.2.